The molecule has 0 saturated heterocycles. The van der Waals surface area contributed by atoms with Crippen molar-refractivity contribution in [2.24, 2.45) is 7.05 Å². The Labute approximate surface area is 93.0 Å². The molecule has 0 bridgehead atoms. The zero-order valence-corrected chi connectivity index (χ0v) is 9.51. The molecule has 0 aromatic carbocycles. The third kappa shape index (κ3) is 3.32. The molecule has 0 aliphatic heterocycles. The summed E-state index contributed by atoms with van der Waals surface area (Å²) in [6.45, 7) is 1.54. The van der Waals surface area contributed by atoms with Gasteiger partial charge in [0.15, 0.2) is 0 Å². The molecule has 0 aliphatic carbocycles. The second-order valence-corrected chi connectivity index (χ2v) is 3.30. The van der Waals surface area contributed by atoms with Gasteiger partial charge in [0.1, 0.15) is 0 Å². The van der Waals surface area contributed by atoms with Gasteiger partial charge in [-0.15, -0.1) is 0 Å². The summed E-state index contributed by atoms with van der Waals surface area (Å²) in [6.07, 6.45) is 1.45. The van der Waals surface area contributed by atoms with Crippen molar-refractivity contribution < 1.29 is 9.47 Å². The molecule has 1 rings (SSSR count). The van der Waals surface area contributed by atoms with Crippen LogP contribution in [0, 0.1) is 0 Å². The molecule has 0 aliphatic rings. The van der Waals surface area contributed by atoms with Crippen LogP contribution in [-0.2, 0) is 23.1 Å². The van der Waals surface area contributed by atoms with E-state index < -0.39 is 0 Å². The lowest BCUT2D eigenvalue weighted by atomic mass is 10.5. The number of hydrogen-bond acceptors (Lipinski definition) is 4. The monoisotopic (exact) mass is 228 g/mol. The summed E-state index contributed by atoms with van der Waals surface area (Å²) >= 11 is 0. The minimum atomic E-state index is -0.331. The smallest absolute Gasteiger partial charge is 0.330 e. The first-order valence-corrected chi connectivity index (χ1v) is 5.00. The Morgan fingerprint density at radius 2 is 2.00 bits per heavy atom. The van der Waals surface area contributed by atoms with Crippen LogP contribution in [0.4, 0.5) is 0 Å². The van der Waals surface area contributed by atoms with E-state index in [0.29, 0.717) is 19.8 Å². The third-order valence-electron chi connectivity index (χ3n) is 2.13. The molecule has 0 spiro atoms. The first kappa shape index (κ1) is 12.7. The number of hydrogen-bond donors (Lipinski definition) is 0. The highest BCUT2D eigenvalue weighted by molar-refractivity contribution is 4.85. The van der Waals surface area contributed by atoms with Crippen LogP contribution in [0.25, 0.3) is 0 Å². The van der Waals surface area contributed by atoms with Crippen molar-refractivity contribution in [3.05, 3.63) is 33.1 Å². The number of aromatic nitrogens is 2. The van der Waals surface area contributed by atoms with E-state index in [9.17, 15) is 9.59 Å². The van der Waals surface area contributed by atoms with Gasteiger partial charge >= 0.3 is 5.69 Å². The van der Waals surface area contributed by atoms with Gasteiger partial charge in [0.2, 0.25) is 0 Å². The van der Waals surface area contributed by atoms with Crippen molar-refractivity contribution in [1.82, 2.24) is 9.13 Å². The Morgan fingerprint density at radius 1 is 1.25 bits per heavy atom. The van der Waals surface area contributed by atoms with Crippen LogP contribution in [0.1, 0.15) is 0 Å². The fourth-order valence-corrected chi connectivity index (χ4v) is 1.22. The quantitative estimate of drug-likeness (QED) is 0.599. The Hall–Kier alpha value is -1.40. The molecule has 0 saturated carbocycles. The average Bonchev–Trinajstić information content (AvgIpc) is 2.28. The molecule has 1 aromatic heterocycles. The summed E-state index contributed by atoms with van der Waals surface area (Å²) in [5, 5.41) is 0. The molecular formula is C10H16N2O4. The van der Waals surface area contributed by atoms with Gasteiger partial charge in [-0.05, 0) is 0 Å². The fourth-order valence-electron chi connectivity index (χ4n) is 1.22. The van der Waals surface area contributed by atoms with Crippen LogP contribution in [-0.4, -0.2) is 36.1 Å². The summed E-state index contributed by atoms with van der Waals surface area (Å²) in [6, 6.07) is 1.36. The largest absolute Gasteiger partial charge is 0.382 e. The second-order valence-electron chi connectivity index (χ2n) is 3.30. The standard InChI is InChI=1S/C10H16N2O4/c1-11-4-3-9(13)12(10(11)14)5-6-16-8-7-15-2/h3-4H,5-8H2,1-2H3. The maximum atomic E-state index is 11.6. The lowest BCUT2D eigenvalue weighted by Crippen LogP contribution is -2.38. The molecule has 0 atom stereocenters. The fraction of sp³-hybridized carbons (Fsp3) is 0.600. The van der Waals surface area contributed by atoms with E-state index in [4.69, 9.17) is 9.47 Å². The van der Waals surface area contributed by atoms with Crippen molar-refractivity contribution in [3.63, 3.8) is 0 Å². The highest BCUT2D eigenvalue weighted by Crippen LogP contribution is 1.80. The van der Waals surface area contributed by atoms with Gasteiger partial charge in [-0.2, -0.15) is 0 Å². The highest BCUT2D eigenvalue weighted by Gasteiger charge is 2.01. The van der Waals surface area contributed by atoms with Crippen LogP contribution >= 0.6 is 0 Å². The van der Waals surface area contributed by atoms with E-state index in [-0.39, 0.29) is 17.8 Å². The summed E-state index contributed by atoms with van der Waals surface area (Å²) in [7, 11) is 3.19. The van der Waals surface area contributed by atoms with E-state index in [1.54, 1.807) is 14.2 Å². The van der Waals surface area contributed by atoms with Crippen molar-refractivity contribution in [2.75, 3.05) is 26.9 Å². The van der Waals surface area contributed by atoms with Gasteiger partial charge in [0, 0.05) is 26.4 Å². The predicted octanol–water partition coefficient (Wildman–Crippen LogP) is -0.790. The van der Waals surface area contributed by atoms with E-state index in [1.165, 1.54) is 16.8 Å². The van der Waals surface area contributed by atoms with Crippen LogP contribution in [0.5, 0.6) is 0 Å². The summed E-state index contributed by atoms with van der Waals surface area (Å²) in [5.74, 6) is 0. The molecule has 90 valence electrons. The first-order valence-electron chi connectivity index (χ1n) is 5.00. The Morgan fingerprint density at radius 3 is 2.69 bits per heavy atom. The van der Waals surface area contributed by atoms with Gasteiger partial charge in [-0.3, -0.25) is 9.36 Å². The topological polar surface area (TPSA) is 62.5 Å². The molecular weight excluding hydrogens is 212 g/mol. The minimum Gasteiger partial charge on any atom is -0.382 e. The Bertz CT molecular complexity index is 435. The molecule has 0 N–H and O–H groups in total. The summed E-state index contributed by atoms with van der Waals surface area (Å²) < 4.78 is 12.5. The average molecular weight is 228 g/mol. The van der Waals surface area contributed by atoms with Gasteiger partial charge < -0.3 is 14.0 Å². The van der Waals surface area contributed by atoms with E-state index in [1.807, 2.05) is 0 Å². The summed E-state index contributed by atoms with van der Waals surface area (Å²) in [4.78, 5) is 22.9. The molecule has 1 heterocycles. The Balaban J connectivity index is 2.57. The third-order valence-corrected chi connectivity index (χ3v) is 2.13. The van der Waals surface area contributed by atoms with Crippen LogP contribution in [0.2, 0.25) is 0 Å². The highest BCUT2D eigenvalue weighted by atomic mass is 16.5. The summed E-state index contributed by atoms with van der Waals surface area (Å²) in [5.41, 5.74) is -0.638. The number of methoxy groups -OCH3 is 1. The molecule has 0 amide bonds. The first-order chi connectivity index (χ1) is 7.66. The molecule has 0 unspecified atom stereocenters. The minimum absolute atomic E-state index is 0.260. The zero-order valence-electron chi connectivity index (χ0n) is 9.51. The van der Waals surface area contributed by atoms with Gasteiger partial charge in [0.05, 0.1) is 26.4 Å². The van der Waals surface area contributed by atoms with Gasteiger partial charge in [0.25, 0.3) is 5.56 Å². The van der Waals surface area contributed by atoms with E-state index in [0.717, 1.165) is 4.57 Å². The van der Waals surface area contributed by atoms with E-state index >= 15 is 0 Å². The molecule has 6 nitrogen and oxygen atoms in total. The zero-order chi connectivity index (χ0) is 12.0. The van der Waals surface area contributed by atoms with Crippen molar-refractivity contribution >= 4 is 0 Å². The lowest BCUT2D eigenvalue weighted by molar-refractivity contribution is 0.0657. The molecule has 16 heavy (non-hydrogen) atoms. The van der Waals surface area contributed by atoms with E-state index in [2.05, 4.69) is 0 Å². The number of ether oxygens (including phenoxy) is 2. The maximum absolute atomic E-state index is 11.6. The van der Waals surface area contributed by atoms with Crippen LogP contribution in [0.15, 0.2) is 21.9 Å². The molecule has 1 aromatic rings. The number of rotatable bonds is 6. The van der Waals surface area contributed by atoms with Crippen molar-refractivity contribution in [3.8, 4) is 0 Å². The normalized spacial score (nSPS) is 10.6. The predicted molar refractivity (Wildman–Crippen MR) is 58.6 cm³/mol. The second kappa shape index (κ2) is 6.24. The maximum Gasteiger partial charge on any atom is 0.330 e. The molecule has 0 fully saturated rings. The van der Waals surface area contributed by atoms with Crippen molar-refractivity contribution in [1.29, 1.82) is 0 Å². The number of nitrogens with zero attached hydrogens (tertiary/aromatic N) is 2. The van der Waals surface area contributed by atoms with Crippen LogP contribution < -0.4 is 11.2 Å². The Kier molecular flexibility index (Phi) is 4.94. The molecule has 6 heteroatoms. The SMILES string of the molecule is COCCOCCn1c(=O)ccn(C)c1=O. The van der Waals surface area contributed by atoms with Gasteiger partial charge in [-0.1, -0.05) is 0 Å². The molecule has 0 radical (unpaired) electrons. The van der Waals surface area contributed by atoms with Crippen molar-refractivity contribution in [2.45, 2.75) is 6.54 Å². The van der Waals surface area contributed by atoms with Gasteiger partial charge in [-0.25, -0.2) is 4.79 Å². The number of aryl methyl sites for hydroxylation is 1. The van der Waals surface area contributed by atoms with Crippen LogP contribution in [0.3, 0.4) is 0 Å². The lowest BCUT2D eigenvalue weighted by Gasteiger charge is -2.06.